The summed E-state index contributed by atoms with van der Waals surface area (Å²) in [6.45, 7) is 1.78. The lowest BCUT2D eigenvalue weighted by molar-refractivity contribution is 1.07. The topological polar surface area (TPSA) is 45.8 Å². The van der Waals surface area contributed by atoms with Gasteiger partial charge < -0.3 is 4.98 Å². The van der Waals surface area contributed by atoms with Crippen LogP contribution in [-0.2, 0) is 0 Å². The molecule has 0 aliphatic rings. The van der Waals surface area contributed by atoms with Gasteiger partial charge in [0.2, 0.25) is 0 Å². The fraction of sp³-hybridized carbons (Fsp3) is 0.0909. The van der Waals surface area contributed by atoms with Crippen LogP contribution in [0.25, 0.3) is 11.4 Å². The summed E-state index contributed by atoms with van der Waals surface area (Å²) >= 11 is 9.23. The van der Waals surface area contributed by atoms with Gasteiger partial charge in [-0.05, 0) is 41.1 Å². The van der Waals surface area contributed by atoms with Crippen LogP contribution in [0.1, 0.15) is 5.69 Å². The molecule has 0 bridgehead atoms. The molecule has 0 radical (unpaired) electrons. The molecule has 0 aliphatic carbocycles. The highest BCUT2D eigenvalue weighted by Gasteiger charge is 2.06. The molecule has 1 aromatic heterocycles. The van der Waals surface area contributed by atoms with E-state index in [2.05, 4.69) is 25.9 Å². The Kier molecular flexibility index (Phi) is 3.12. The molecule has 16 heavy (non-hydrogen) atoms. The molecule has 0 fully saturated rings. The van der Waals surface area contributed by atoms with E-state index in [-0.39, 0.29) is 5.56 Å². The molecule has 1 heterocycles. The molecule has 0 atom stereocenters. The molecular weight excluding hydrogens is 291 g/mol. The molecule has 1 aromatic carbocycles. The van der Waals surface area contributed by atoms with Crippen molar-refractivity contribution in [1.29, 1.82) is 0 Å². The van der Waals surface area contributed by atoms with Gasteiger partial charge in [0.1, 0.15) is 5.82 Å². The predicted molar refractivity (Wildman–Crippen MR) is 67.7 cm³/mol. The largest absolute Gasteiger partial charge is 0.306 e. The van der Waals surface area contributed by atoms with Crippen molar-refractivity contribution < 1.29 is 0 Å². The van der Waals surface area contributed by atoms with Gasteiger partial charge in [-0.2, -0.15) is 0 Å². The van der Waals surface area contributed by atoms with E-state index in [0.717, 1.165) is 10.0 Å². The van der Waals surface area contributed by atoms with E-state index in [4.69, 9.17) is 11.6 Å². The fourth-order valence-corrected chi connectivity index (χ4v) is 2.26. The summed E-state index contributed by atoms with van der Waals surface area (Å²) in [5, 5.41) is 0.630. The molecule has 0 unspecified atom stereocenters. The molecule has 0 saturated carbocycles. The van der Waals surface area contributed by atoms with Crippen LogP contribution >= 0.6 is 27.5 Å². The molecule has 0 amide bonds. The number of aromatic nitrogens is 2. The van der Waals surface area contributed by atoms with Gasteiger partial charge >= 0.3 is 0 Å². The third-order valence-corrected chi connectivity index (χ3v) is 2.95. The van der Waals surface area contributed by atoms with Crippen LogP contribution in [-0.4, -0.2) is 9.97 Å². The summed E-state index contributed by atoms with van der Waals surface area (Å²) in [5.74, 6) is 0.536. The van der Waals surface area contributed by atoms with Gasteiger partial charge in [0.15, 0.2) is 0 Å². The first-order valence-electron chi connectivity index (χ1n) is 4.59. The van der Waals surface area contributed by atoms with Gasteiger partial charge in [0.05, 0.1) is 0 Å². The highest BCUT2D eigenvalue weighted by Crippen LogP contribution is 2.27. The lowest BCUT2D eigenvalue weighted by Gasteiger charge is -2.04. The summed E-state index contributed by atoms with van der Waals surface area (Å²) in [7, 11) is 0. The van der Waals surface area contributed by atoms with Crippen molar-refractivity contribution in [3.63, 3.8) is 0 Å². The number of aromatic amines is 1. The normalized spacial score (nSPS) is 10.4. The van der Waals surface area contributed by atoms with Gasteiger partial charge in [-0.15, -0.1) is 0 Å². The van der Waals surface area contributed by atoms with Gasteiger partial charge in [-0.3, -0.25) is 4.79 Å². The number of rotatable bonds is 1. The van der Waals surface area contributed by atoms with E-state index in [1.807, 2.05) is 6.07 Å². The number of aryl methyl sites for hydroxylation is 1. The Morgan fingerprint density at radius 3 is 2.75 bits per heavy atom. The Bertz CT molecular complexity index is 595. The first-order chi connectivity index (χ1) is 7.56. The number of hydrogen-bond donors (Lipinski definition) is 1. The van der Waals surface area contributed by atoms with Gasteiger partial charge in [0.25, 0.3) is 5.56 Å². The molecule has 5 heteroatoms. The van der Waals surface area contributed by atoms with Crippen molar-refractivity contribution in [2.75, 3.05) is 0 Å². The second kappa shape index (κ2) is 4.39. The molecule has 0 aliphatic heterocycles. The summed E-state index contributed by atoms with van der Waals surface area (Å²) < 4.78 is 0.800. The highest BCUT2D eigenvalue weighted by molar-refractivity contribution is 9.10. The minimum absolute atomic E-state index is 0.163. The molecule has 1 N–H and O–H groups in total. The maximum absolute atomic E-state index is 11.3. The minimum atomic E-state index is -0.163. The van der Waals surface area contributed by atoms with E-state index in [9.17, 15) is 4.79 Å². The summed E-state index contributed by atoms with van der Waals surface area (Å²) in [4.78, 5) is 18.3. The fourth-order valence-electron chi connectivity index (χ4n) is 1.39. The Morgan fingerprint density at radius 1 is 1.38 bits per heavy atom. The smallest absolute Gasteiger partial charge is 0.251 e. The van der Waals surface area contributed by atoms with E-state index >= 15 is 0 Å². The van der Waals surface area contributed by atoms with Crippen LogP contribution in [0, 0.1) is 6.92 Å². The zero-order valence-corrected chi connectivity index (χ0v) is 10.8. The molecule has 3 nitrogen and oxygen atoms in total. The van der Waals surface area contributed by atoms with Crippen molar-refractivity contribution in [3.8, 4) is 11.4 Å². The van der Waals surface area contributed by atoms with Crippen molar-refractivity contribution in [3.05, 3.63) is 49.8 Å². The molecule has 0 saturated heterocycles. The van der Waals surface area contributed by atoms with E-state index in [1.54, 1.807) is 19.1 Å². The Hall–Kier alpha value is -1.13. The number of nitrogens with zero attached hydrogens (tertiary/aromatic N) is 1. The SMILES string of the molecule is Cc1cc(=O)[nH]c(-c2ccc(Cl)cc2Br)n1. The maximum atomic E-state index is 11.3. The standard InChI is InChI=1S/C11H8BrClN2O/c1-6-4-10(16)15-11(14-6)8-3-2-7(13)5-9(8)12/h2-5H,1H3,(H,14,15,16). The summed E-state index contributed by atoms with van der Waals surface area (Å²) in [6, 6.07) is 6.78. The van der Waals surface area contributed by atoms with Crippen molar-refractivity contribution in [2.24, 2.45) is 0 Å². The van der Waals surface area contributed by atoms with Crippen molar-refractivity contribution in [2.45, 2.75) is 6.92 Å². The van der Waals surface area contributed by atoms with Crippen LogP contribution in [0.2, 0.25) is 5.02 Å². The van der Waals surface area contributed by atoms with E-state index in [1.165, 1.54) is 6.07 Å². The summed E-state index contributed by atoms with van der Waals surface area (Å²) in [5.41, 5.74) is 1.33. The maximum Gasteiger partial charge on any atom is 0.251 e. The van der Waals surface area contributed by atoms with Crippen LogP contribution in [0.3, 0.4) is 0 Å². The van der Waals surface area contributed by atoms with Gasteiger partial charge in [-0.1, -0.05) is 11.6 Å². The Morgan fingerprint density at radius 2 is 2.12 bits per heavy atom. The monoisotopic (exact) mass is 298 g/mol. The lowest BCUT2D eigenvalue weighted by Crippen LogP contribution is -2.08. The Balaban J connectivity index is 2.63. The number of halogens is 2. The predicted octanol–water partition coefficient (Wildman–Crippen LogP) is 3.16. The van der Waals surface area contributed by atoms with Gasteiger partial charge in [-0.25, -0.2) is 4.98 Å². The first kappa shape index (κ1) is 11.4. The third-order valence-electron chi connectivity index (χ3n) is 2.06. The third kappa shape index (κ3) is 2.33. The van der Waals surface area contributed by atoms with Crippen LogP contribution < -0.4 is 5.56 Å². The lowest BCUT2D eigenvalue weighted by atomic mass is 10.2. The van der Waals surface area contributed by atoms with Crippen molar-refractivity contribution >= 4 is 27.5 Å². The summed E-state index contributed by atoms with van der Waals surface area (Å²) in [6.07, 6.45) is 0. The zero-order valence-electron chi connectivity index (χ0n) is 8.42. The molecule has 2 aromatic rings. The average Bonchev–Trinajstić information content (AvgIpc) is 2.15. The Labute approximate surface area is 106 Å². The number of nitrogens with one attached hydrogen (secondary N) is 1. The van der Waals surface area contributed by atoms with Crippen molar-refractivity contribution in [1.82, 2.24) is 9.97 Å². The van der Waals surface area contributed by atoms with E-state index < -0.39 is 0 Å². The average molecular weight is 300 g/mol. The number of hydrogen-bond acceptors (Lipinski definition) is 2. The van der Waals surface area contributed by atoms with Crippen LogP contribution in [0.5, 0.6) is 0 Å². The zero-order chi connectivity index (χ0) is 11.7. The molecule has 0 spiro atoms. The second-order valence-corrected chi connectivity index (χ2v) is 4.65. The van der Waals surface area contributed by atoms with Crippen LogP contribution in [0.15, 0.2) is 33.5 Å². The first-order valence-corrected chi connectivity index (χ1v) is 5.77. The van der Waals surface area contributed by atoms with E-state index in [0.29, 0.717) is 16.5 Å². The number of benzene rings is 1. The number of H-pyrrole nitrogens is 1. The minimum Gasteiger partial charge on any atom is -0.306 e. The van der Waals surface area contributed by atoms with Crippen LogP contribution in [0.4, 0.5) is 0 Å². The molecule has 82 valence electrons. The molecular formula is C11H8BrClN2O. The van der Waals surface area contributed by atoms with Gasteiger partial charge in [0, 0.05) is 26.8 Å². The quantitative estimate of drug-likeness (QED) is 0.879. The molecule has 2 rings (SSSR count). The highest BCUT2D eigenvalue weighted by atomic mass is 79.9. The second-order valence-electron chi connectivity index (χ2n) is 3.36.